The Hall–Kier alpha value is -3.94. The summed E-state index contributed by atoms with van der Waals surface area (Å²) in [7, 11) is 1.48. The van der Waals surface area contributed by atoms with Gasteiger partial charge in [-0.25, -0.2) is 5.01 Å². The molecule has 4 rings (SSSR count). The molecule has 34 heavy (non-hydrogen) atoms. The number of carbonyl (C=O) groups excluding carboxylic acids is 2. The Balaban J connectivity index is 1.82. The summed E-state index contributed by atoms with van der Waals surface area (Å²) in [6.45, 7) is 1.85. The van der Waals surface area contributed by atoms with E-state index in [9.17, 15) is 14.7 Å². The van der Waals surface area contributed by atoms with Crippen LogP contribution in [0.2, 0.25) is 0 Å². The van der Waals surface area contributed by atoms with Crippen LogP contribution in [0.5, 0.6) is 5.75 Å². The van der Waals surface area contributed by atoms with Crippen LogP contribution in [0.3, 0.4) is 0 Å². The molecule has 0 radical (unpaired) electrons. The summed E-state index contributed by atoms with van der Waals surface area (Å²) in [4.78, 5) is 27.8. The molecule has 2 amide bonds. The summed E-state index contributed by atoms with van der Waals surface area (Å²) in [6, 6.07) is 26.1. The largest absolute Gasteiger partial charge is 0.496 e. The molecule has 2 N–H and O–H groups in total. The second kappa shape index (κ2) is 9.91. The number of nitrogens with zero attached hydrogens (tertiary/aromatic N) is 1. The number of benzene rings is 3. The van der Waals surface area contributed by atoms with Crippen molar-refractivity contribution < 1.29 is 19.4 Å². The van der Waals surface area contributed by atoms with Crippen LogP contribution >= 0.6 is 11.3 Å². The molecule has 3 aromatic carbocycles. The van der Waals surface area contributed by atoms with Crippen molar-refractivity contribution in [3.8, 4) is 5.75 Å². The van der Waals surface area contributed by atoms with Crippen molar-refractivity contribution in [2.24, 2.45) is 0 Å². The van der Waals surface area contributed by atoms with Crippen LogP contribution in [0.4, 0.5) is 5.69 Å². The van der Waals surface area contributed by atoms with Gasteiger partial charge >= 0.3 is 0 Å². The van der Waals surface area contributed by atoms with E-state index < -0.39 is 17.4 Å². The molecule has 1 heterocycles. The molecule has 0 bridgehead atoms. The number of hydrogen-bond donors (Lipinski definition) is 2. The van der Waals surface area contributed by atoms with E-state index in [1.807, 2.05) is 25.1 Å². The zero-order valence-electron chi connectivity index (χ0n) is 18.8. The standard InChI is InChI=1S/C27H24N2O4S/c1-19-11-6-8-15-22(19)29(25(30)20-12-4-3-5-13-20)28-26(31)27(32,24-17-10-18-34-24)21-14-7-9-16-23(21)33-2/h3-18,32H,1-2H3,(H,28,31)/t27-/m1/s1. The highest BCUT2D eigenvalue weighted by Gasteiger charge is 2.44. The minimum absolute atomic E-state index is 0.273. The molecule has 0 saturated carbocycles. The van der Waals surface area contributed by atoms with Gasteiger partial charge in [0.2, 0.25) is 5.60 Å². The molecular weight excluding hydrogens is 448 g/mol. The number of ether oxygens (including phenoxy) is 1. The van der Waals surface area contributed by atoms with Crippen LogP contribution in [0.1, 0.15) is 26.4 Å². The van der Waals surface area contributed by atoms with Crippen LogP contribution in [-0.2, 0) is 10.4 Å². The topological polar surface area (TPSA) is 78.9 Å². The van der Waals surface area contributed by atoms with Crippen LogP contribution in [-0.4, -0.2) is 24.0 Å². The summed E-state index contributed by atoms with van der Waals surface area (Å²) in [5.41, 5.74) is 2.54. The number of rotatable bonds is 6. The number of aliphatic hydroxyl groups is 1. The Bertz CT molecular complexity index is 1290. The minimum atomic E-state index is -2.10. The molecule has 4 aromatic rings. The van der Waals surface area contributed by atoms with Crippen molar-refractivity contribution in [2.45, 2.75) is 12.5 Å². The number of thiophene rings is 1. The van der Waals surface area contributed by atoms with Crippen LogP contribution < -0.4 is 15.2 Å². The van der Waals surface area contributed by atoms with Crippen molar-refractivity contribution >= 4 is 28.8 Å². The van der Waals surface area contributed by atoms with E-state index in [0.717, 1.165) is 5.56 Å². The molecule has 0 saturated heterocycles. The molecule has 6 nitrogen and oxygen atoms in total. The predicted molar refractivity (Wildman–Crippen MR) is 133 cm³/mol. The maximum Gasteiger partial charge on any atom is 0.281 e. The van der Waals surface area contributed by atoms with Gasteiger partial charge in [0.15, 0.2) is 0 Å². The maximum atomic E-state index is 13.9. The lowest BCUT2D eigenvalue weighted by Crippen LogP contribution is -2.54. The van der Waals surface area contributed by atoms with Crippen LogP contribution in [0, 0.1) is 6.92 Å². The van der Waals surface area contributed by atoms with Crippen molar-refractivity contribution in [3.05, 3.63) is 118 Å². The smallest absolute Gasteiger partial charge is 0.281 e. The van der Waals surface area contributed by atoms with E-state index in [2.05, 4.69) is 5.43 Å². The SMILES string of the molecule is COc1ccccc1[C@](O)(C(=O)NN(C(=O)c1ccccc1)c1ccccc1C)c1cccs1. The number of anilines is 1. The molecule has 0 aliphatic carbocycles. The highest BCUT2D eigenvalue weighted by molar-refractivity contribution is 7.10. The Morgan fingerprint density at radius 1 is 0.912 bits per heavy atom. The van der Waals surface area contributed by atoms with Crippen molar-refractivity contribution in [1.29, 1.82) is 0 Å². The number of carbonyl (C=O) groups is 2. The Labute approximate surface area is 202 Å². The second-order valence-electron chi connectivity index (χ2n) is 7.62. The number of aryl methyl sites for hydroxylation is 1. The normalized spacial score (nSPS) is 12.4. The van der Waals surface area contributed by atoms with Gasteiger partial charge in [-0.05, 0) is 48.2 Å². The third-order valence-electron chi connectivity index (χ3n) is 5.50. The van der Waals surface area contributed by atoms with E-state index in [0.29, 0.717) is 21.9 Å². The van der Waals surface area contributed by atoms with E-state index in [4.69, 9.17) is 4.74 Å². The maximum absolute atomic E-state index is 13.9. The fraction of sp³-hybridized carbons (Fsp3) is 0.111. The zero-order valence-corrected chi connectivity index (χ0v) is 19.6. The van der Waals surface area contributed by atoms with Gasteiger partial charge in [0.05, 0.1) is 17.7 Å². The average Bonchev–Trinajstić information content (AvgIpc) is 3.43. The Morgan fingerprint density at radius 2 is 1.59 bits per heavy atom. The molecule has 7 heteroatoms. The third-order valence-corrected chi connectivity index (χ3v) is 6.48. The molecule has 1 aromatic heterocycles. The molecule has 0 unspecified atom stereocenters. The molecule has 0 fully saturated rings. The number of nitrogens with one attached hydrogen (secondary N) is 1. The first-order chi connectivity index (χ1) is 16.5. The first-order valence-corrected chi connectivity index (χ1v) is 11.5. The summed E-state index contributed by atoms with van der Waals surface area (Å²) in [5, 5.41) is 14.9. The fourth-order valence-electron chi connectivity index (χ4n) is 3.72. The van der Waals surface area contributed by atoms with E-state index in [1.54, 1.807) is 78.2 Å². The van der Waals surface area contributed by atoms with E-state index in [-0.39, 0.29) is 5.56 Å². The fourth-order valence-corrected chi connectivity index (χ4v) is 4.56. The molecular formula is C27H24N2O4S. The lowest BCUT2D eigenvalue weighted by Gasteiger charge is -2.32. The zero-order chi connectivity index (χ0) is 24.1. The summed E-state index contributed by atoms with van der Waals surface area (Å²) in [5.74, 6) is -0.867. The number of methoxy groups -OCH3 is 1. The van der Waals surface area contributed by atoms with Gasteiger partial charge in [0.25, 0.3) is 11.8 Å². The van der Waals surface area contributed by atoms with E-state index in [1.165, 1.54) is 23.5 Å². The highest BCUT2D eigenvalue weighted by Crippen LogP contribution is 2.38. The predicted octanol–water partition coefficient (Wildman–Crippen LogP) is 4.68. The van der Waals surface area contributed by atoms with Crippen LogP contribution in [0.25, 0.3) is 0 Å². The van der Waals surface area contributed by atoms with Crippen molar-refractivity contribution in [3.63, 3.8) is 0 Å². The summed E-state index contributed by atoms with van der Waals surface area (Å²) >= 11 is 1.23. The lowest BCUT2D eigenvalue weighted by molar-refractivity contribution is -0.136. The van der Waals surface area contributed by atoms with Gasteiger partial charge in [0.1, 0.15) is 5.75 Å². The number of amides is 2. The van der Waals surface area contributed by atoms with Crippen LogP contribution in [0.15, 0.2) is 96.4 Å². The average molecular weight is 473 g/mol. The molecule has 0 spiro atoms. The summed E-state index contributed by atoms with van der Waals surface area (Å²) in [6.07, 6.45) is 0. The first kappa shape index (κ1) is 23.2. The molecule has 0 aliphatic rings. The molecule has 0 aliphatic heterocycles. The Kier molecular flexibility index (Phi) is 6.77. The summed E-state index contributed by atoms with van der Waals surface area (Å²) < 4.78 is 5.45. The van der Waals surface area contributed by atoms with Gasteiger partial charge in [-0.2, -0.15) is 0 Å². The van der Waals surface area contributed by atoms with Crippen molar-refractivity contribution in [1.82, 2.24) is 5.43 Å². The molecule has 1 atom stereocenters. The van der Waals surface area contributed by atoms with E-state index >= 15 is 0 Å². The minimum Gasteiger partial charge on any atom is -0.496 e. The number of para-hydroxylation sites is 2. The quantitative estimate of drug-likeness (QED) is 0.400. The van der Waals surface area contributed by atoms with Gasteiger partial charge in [-0.15, -0.1) is 11.3 Å². The molecule has 172 valence electrons. The van der Waals surface area contributed by atoms with Crippen molar-refractivity contribution in [2.75, 3.05) is 12.1 Å². The number of hydrazine groups is 1. The van der Waals surface area contributed by atoms with Gasteiger partial charge in [-0.1, -0.05) is 60.7 Å². The number of hydrogen-bond acceptors (Lipinski definition) is 5. The third kappa shape index (κ3) is 4.31. The first-order valence-electron chi connectivity index (χ1n) is 10.6. The van der Waals surface area contributed by atoms with Gasteiger partial charge in [0, 0.05) is 11.1 Å². The van der Waals surface area contributed by atoms with Gasteiger partial charge in [-0.3, -0.25) is 15.0 Å². The van der Waals surface area contributed by atoms with Gasteiger partial charge < -0.3 is 9.84 Å². The highest BCUT2D eigenvalue weighted by atomic mass is 32.1. The lowest BCUT2D eigenvalue weighted by atomic mass is 9.90. The Morgan fingerprint density at radius 3 is 2.26 bits per heavy atom. The second-order valence-corrected chi connectivity index (χ2v) is 8.57. The monoisotopic (exact) mass is 472 g/mol.